The highest BCUT2D eigenvalue weighted by Crippen LogP contribution is 2.28. The summed E-state index contributed by atoms with van der Waals surface area (Å²) in [5, 5.41) is 2.79. The van der Waals surface area contributed by atoms with Gasteiger partial charge in [0, 0.05) is 11.3 Å². The van der Waals surface area contributed by atoms with Crippen molar-refractivity contribution in [2.45, 2.75) is 0 Å². The van der Waals surface area contributed by atoms with Gasteiger partial charge in [-0.2, -0.15) is 0 Å². The Morgan fingerprint density at radius 3 is 2.00 bits per heavy atom. The lowest BCUT2D eigenvalue weighted by molar-refractivity contribution is 0.0924. The first-order valence-corrected chi connectivity index (χ1v) is 8.09. The lowest BCUT2D eigenvalue weighted by Crippen LogP contribution is -2.29. The van der Waals surface area contributed by atoms with E-state index in [-0.39, 0.29) is 17.7 Å². The molecule has 3 aromatic carbocycles. The Morgan fingerprint density at radius 1 is 0.731 bits per heavy atom. The number of carbonyl (C=O) groups excluding carboxylic acids is 3. The van der Waals surface area contributed by atoms with E-state index in [1.54, 1.807) is 60.7 Å². The molecule has 4 rings (SSSR count). The lowest BCUT2D eigenvalue weighted by Gasteiger charge is -2.15. The Kier molecular flexibility index (Phi) is 3.82. The zero-order chi connectivity index (χ0) is 18.1. The second-order valence-corrected chi connectivity index (χ2v) is 5.86. The van der Waals surface area contributed by atoms with Gasteiger partial charge in [-0.1, -0.05) is 36.4 Å². The topological polar surface area (TPSA) is 66.5 Å². The molecule has 1 heterocycles. The van der Waals surface area contributed by atoms with Crippen LogP contribution in [0, 0.1) is 0 Å². The Labute approximate surface area is 149 Å². The Balaban J connectivity index is 1.64. The summed E-state index contributed by atoms with van der Waals surface area (Å²) in [4.78, 5) is 38.7. The first kappa shape index (κ1) is 15.8. The van der Waals surface area contributed by atoms with Crippen LogP contribution in [-0.4, -0.2) is 17.7 Å². The van der Waals surface area contributed by atoms with Crippen LogP contribution in [0.4, 0.5) is 11.4 Å². The monoisotopic (exact) mass is 342 g/mol. The third-order valence-electron chi connectivity index (χ3n) is 4.19. The molecule has 126 valence electrons. The predicted molar refractivity (Wildman–Crippen MR) is 98.4 cm³/mol. The van der Waals surface area contributed by atoms with Crippen molar-refractivity contribution in [1.29, 1.82) is 0 Å². The first-order valence-electron chi connectivity index (χ1n) is 8.09. The molecule has 0 spiro atoms. The van der Waals surface area contributed by atoms with Crippen LogP contribution in [0.25, 0.3) is 0 Å². The summed E-state index contributed by atoms with van der Waals surface area (Å²) < 4.78 is 0. The minimum absolute atomic E-state index is 0.311. The number of hydrogen-bond acceptors (Lipinski definition) is 3. The molecule has 0 aliphatic carbocycles. The van der Waals surface area contributed by atoms with Gasteiger partial charge in [-0.25, -0.2) is 4.90 Å². The number of carbonyl (C=O) groups is 3. The maximum Gasteiger partial charge on any atom is 0.266 e. The molecule has 1 aliphatic heterocycles. The molecule has 0 fully saturated rings. The molecule has 0 saturated heterocycles. The van der Waals surface area contributed by atoms with Crippen molar-refractivity contribution >= 4 is 29.1 Å². The number of amides is 3. The van der Waals surface area contributed by atoms with Gasteiger partial charge >= 0.3 is 0 Å². The van der Waals surface area contributed by atoms with Crippen LogP contribution in [0.15, 0.2) is 78.9 Å². The summed E-state index contributed by atoms with van der Waals surface area (Å²) >= 11 is 0. The van der Waals surface area contributed by atoms with Crippen molar-refractivity contribution in [3.8, 4) is 0 Å². The van der Waals surface area contributed by atoms with Crippen molar-refractivity contribution in [3.63, 3.8) is 0 Å². The summed E-state index contributed by atoms with van der Waals surface area (Å²) in [5.74, 6) is -1.08. The van der Waals surface area contributed by atoms with Gasteiger partial charge in [-0.15, -0.1) is 0 Å². The van der Waals surface area contributed by atoms with E-state index < -0.39 is 0 Å². The van der Waals surface area contributed by atoms with Crippen LogP contribution in [-0.2, 0) is 0 Å². The molecule has 0 unspecified atom stereocenters. The van der Waals surface area contributed by atoms with Gasteiger partial charge in [0.1, 0.15) is 0 Å². The molecule has 0 atom stereocenters. The minimum atomic E-state index is -0.383. The number of hydrogen-bond donors (Lipinski definition) is 1. The van der Waals surface area contributed by atoms with Crippen LogP contribution in [0.3, 0.4) is 0 Å². The standard InChI is InChI=1S/C21H14N2O3/c24-19(22-15-8-2-1-3-9-15)14-7-6-10-16(13-14)23-20(25)17-11-4-5-12-18(17)21(23)26/h1-13H,(H,22,24). The smallest absolute Gasteiger partial charge is 0.266 e. The number of nitrogens with zero attached hydrogens (tertiary/aromatic N) is 1. The third kappa shape index (κ3) is 2.65. The fourth-order valence-corrected chi connectivity index (χ4v) is 2.93. The van der Waals surface area contributed by atoms with Crippen molar-refractivity contribution < 1.29 is 14.4 Å². The normalized spacial score (nSPS) is 12.8. The third-order valence-corrected chi connectivity index (χ3v) is 4.19. The average molecular weight is 342 g/mol. The fraction of sp³-hybridized carbons (Fsp3) is 0. The molecule has 0 saturated carbocycles. The Bertz CT molecular complexity index is 993. The molecule has 1 N–H and O–H groups in total. The summed E-state index contributed by atoms with van der Waals surface area (Å²) in [7, 11) is 0. The van der Waals surface area contributed by atoms with Crippen molar-refractivity contribution in [3.05, 3.63) is 95.6 Å². The van der Waals surface area contributed by atoms with Crippen molar-refractivity contribution in [1.82, 2.24) is 0 Å². The van der Waals surface area contributed by atoms with Crippen molar-refractivity contribution in [2.75, 3.05) is 10.2 Å². The number of fused-ring (bicyclic) bond motifs is 1. The molecular formula is C21H14N2O3. The predicted octanol–water partition coefficient (Wildman–Crippen LogP) is 3.74. The zero-order valence-electron chi connectivity index (χ0n) is 13.7. The van der Waals surface area contributed by atoms with Crippen LogP contribution < -0.4 is 10.2 Å². The fourth-order valence-electron chi connectivity index (χ4n) is 2.93. The largest absolute Gasteiger partial charge is 0.322 e. The van der Waals surface area contributed by atoms with Crippen molar-refractivity contribution in [2.24, 2.45) is 0 Å². The maximum absolute atomic E-state index is 12.6. The molecule has 3 aromatic rings. The summed E-state index contributed by atoms with van der Waals surface area (Å²) in [6.07, 6.45) is 0. The molecular weight excluding hydrogens is 328 g/mol. The number of para-hydroxylation sites is 1. The summed E-state index contributed by atoms with van der Waals surface area (Å²) in [6.45, 7) is 0. The average Bonchev–Trinajstić information content (AvgIpc) is 2.94. The molecule has 5 heteroatoms. The lowest BCUT2D eigenvalue weighted by atomic mass is 10.1. The maximum atomic E-state index is 12.6. The molecule has 3 amide bonds. The second kappa shape index (κ2) is 6.29. The summed E-state index contributed by atoms with van der Waals surface area (Å²) in [6, 6.07) is 22.2. The molecule has 0 bridgehead atoms. The van der Waals surface area contributed by atoms with E-state index in [1.165, 1.54) is 0 Å². The van der Waals surface area contributed by atoms with Gasteiger partial charge in [-0.05, 0) is 42.5 Å². The first-order chi connectivity index (χ1) is 12.6. The van der Waals surface area contributed by atoms with Gasteiger partial charge in [0.25, 0.3) is 17.7 Å². The van der Waals surface area contributed by atoms with Crippen LogP contribution in [0.2, 0.25) is 0 Å². The summed E-state index contributed by atoms with van der Waals surface area (Å²) in [5.41, 5.74) is 2.15. The second-order valence-electron chi connectivity index (χ2n) is 5.86. The Morgan fingerprint density at radius 2 is 1.35 bits per heavy atom. The molecule has 26 heavy (non-hydrogen) atoms. The highest BCUT2D eigenvalue weighted by molar-refractivity contribution is 6.34. The highest BCUT2D eigenvalue weighted by atomic mass is 16.2. The molecule has 0 radical (unpaired) electrons. The number of imide groups is 1. The zero-order valence-corrected chi connectivity index (χ0v) is 13.7. The molecule has 0 aromatic heterocycles. The molecule has 5 nitrogen and oxygen atoms in total. The quantitative estimate of drug-likeness (QED) is 0.737. The van der Waals surface area contributed by atoms with E-state index in [4.69, 9.17) is 0 Å². The van der Waals surface area contributed by atoms with E-state index in [1.807, 2.05) is 18.2 Å². The van der Waals surface area contributed by atoms with Gasteiger partial charge in [-0.3, -0.25) is 14.4 Å². The SMILES string of the molecule is O=C(Nc1ccccc1)c1cccc(N2C(=O)c3ccccc3C2=O)c1. The van der Waals surface area contributed by atoms with Gasteiger partial charge < -0.3 is 5.32 Å². The number of nitrogens with one attached hydrogen (secondary N) is 1. The van der Waals surface area contributed by atoms with E-state index in [0.717, 1.165) is 4.90 Å². The number of benzene rings is 3. The van der Waals surface area contributed by atoms with E-state index in [0.29, 0.717) is 28.1 Å². The van der Waals surface area contributed by atoms with Crippen LogP contribution in [0.1, 0.15) is 31.1 Å². The van der Waals surface area contributed by atoms with E-state index in [2.05, 4.69) is 5.32 Å². The number of anilines is 2. The van der Waals surface area contributed by atoms with E-state index in [9.17, 15) is 14.4 Å². The van der Waals surface area contributed by atoms with Gasteiger partial charge in [0.05, 0.1) is 16.8 Å². The number of rotatable bonds is 3. The van der Waals surface area contributed by atoms with Crippen LogP contribution in [0.5, 0.6) is 0 Å². The van der Waals surface area contributed by atoms with Crippen LogP contribution >= 0.6 is 0 Å². The molecule has 1 aliphatic rings. The van der Waals surface area contributed by atoms with Gasteiger partial charge in [0.2, 0.25) is 0 Å². The minimum Gasteiger partial charge on any atom is -0.322 e. The van der Waals surface area contributed by atoms with Gasteiger partial charge in [0.15, 0.2) is 0 Å². The van der Waals surface area contributed by atoms with E-state index >= 15 is 0 Å². The Hall–Kier alpha value is -3.73. The highest BCUT2D eigenvalue weighted by Gasteiger charge is 2.36.